The molecule has 254 valence electrons. The Hall–Kier alpha value is -2.95. The molecule has 0 aliphatic carbocycles. The average Bonchev–Trinajstić information content (AvgIpc) is 3.76. The molecule has 10 atom stereocenters. The number of nitrogens with zero attached hydrogens (tertiary/aromatic N) is 6. The molecule has 3 fully saturated rings. The van der Waals surface area contributed by atoms with E-state index in [9.17, 15) is 24.3 Å². The van der Waals surface area contributed by atoms with Gasteiger partial charge >= 0.3 is 14.5 Å². The number of aromatic amines is 1. The number of aromatic nitrogens is 7. The number of imidazole rings is 1. The third-order valence-corrected chi connectivity index (χ3v) is 10.4. The van der Waals surface area contributed by atoms with Gasteiger partial charge in [-0.15, -0.1) is 0 Å². The quantitative estimate of drug-likeness (QED) is 0.144. The fraction of sp³-hybridized carbons (Fsp3) is 0.522. The fourth-order valence-corrected chi connectivity index (χ4v) is 8.19. The van der Waals surface area contributed by atoms with E-state index in [0.29, 0.717) is 11.0 Å². The van der Waals surface area contributed by atoms with E-state index in [0.717, 1.165) is 0 Å². The van der Waals surface area contributed by atoms with Crippen LogP contribution in [0.2, 0.25) is 0 Å². The van der Waals surface area contributed by atoms with Crippen molar-refractivity contribution < 1.29 is 51.8 Å². The highest BCUT2D eigenvalue weighted by molar-refractivity contribution is 8.07. The number of H-pyrrole nitrogens is 1. The van der Waals surface area contributed by atoms with E-state index in [1.54, 1.807) is 13.0 Å². The van der Waals surface area contributed by atoms with Crippen molar-refractivity contribution in [1.82, 2.24) is 34.1 Å². The van der Waals surface area contributed by atoms with E-state index in [1.807, 2.05) is 0 Å². The van der Waals surface area contributed by atoms with Crippen LogP contribution in [0.25, 0.3) is 22.2 Å². The molecule has 0 amide bonds. The second kappa shape index (κ2) is 12.2. The zero-order chi connectivity index (χ0) is 33.2. The molecule has 8 N–H and O–H groups in total. The van der Waals surface area contributed by atoms with Crippen molar-refractivity contribution in [3.8, 4) is 0 Å². The van der Waals surface area contributed by atoms with Crippen LogP contribution in [-0.2, 0) is 48.7 Å². The largest absolute Gasteiger partial charge is 0.472 e. The predicted molar refractivity (Wildman–Crippen MR) is 162 cm³/mol. The SMILES string of the molecule is CCO[C@@H]1C2OP(O)(=S)OC[C@H]3O[C@@H](n4ccc5c(N)ncnc54)[C@@H](O)C3OP(=O)(O)OC[C@H]1O[C@H]2n1cnc2c(=O)[nH]c(N)nc21. The van der Waals surface area contributed by atoms with Crippen molar-refractivity contribution in [2.75, 3.05) is 31.3 Å². The molecule has 21 nitrogen and oxygen atoms in total. The number of fused-ring (bicyclic) bond motifs is 5. The highest BCUT2D eigenvalue weighted by Gasteiger charge is 2.54. The van der Waals surface area contributed by atoms with Gasteiger partial charge in [-0.1, -0.05) is 0 Å². The van der Waals surface area contributed by atoms with Gasteiger partial charge in [-0.3, -0.25) is 27.9 Å². The molecule has 3 aliphatic heterocycles. The van der Waals surface area contributed by atoms with Crippen LogP contribution in [0, 0.1) is 0 Å². The number of rotatable bonds is 4. The number of aliphatic hydroxyl groups excluding tert-OH is 1. The zero-order valence-corrected chi connectivity index (χ0v) is 26.8. The average molecular weight is 718 g/mol. The van der Waals surface area contributed by atoms with Crippen molar-refractivity contribution in [3.63, 3.8) is 0 Å². The summed E-state index contributed by atoms with van der Waals surface area (Å²) in [5, 5.41) is 11.8. The Morgan fingerprint density at radius 2 is 1.83 bits per heavy atom. The number of nitrogen functional groups attached to an aromatic ring is 2. The van der Waals surface area contributed by atoms with Gasteiger partial charge in [0.05, 0.1) is 24.9 Å². The van der Waals surface area contributed by atoms with E-state index >= 15 is 0 Å². The molecule has 47 heavy (non-hydrogen) atoms. The van der Waals surface area contributed by atoms with Gasteiger partial charge in [0.15, 0.2) is 23.6 Å². The van der Waals surface area contributed by atoms with Crippen LogP contribution in [-0.4, -0.2) is 105 Å². The van der Waals surface area contributed by atoms with Gasteiger partial charge in [-0.2, -0.15) is 4.98 Å². The molecule has 7 heterocycles. The van der Waals surface area contributed by atoms with Gasteiger partial charge in [-0.25, -0.2) is 19.5 Å². The molecule has 0 spiro atoms. The number of ether oxygens (including phenoxy) is 3. The number of anilines is 2. The van der Waals surface area contributed by atoms with Crippen LogP contribution in [0.5, 0.6) is 0 Å². The number of nitrogens with one attached hydrogen (secondary N) is 1. The Bertz CT molecular complexity index is 1980. The van der Waals surface area contributed by atoms with E-state index in [2.05, 4.69) is 24.9 Å². The van der Waals surface area contributed by atoms with E-state index in [-0.39, 0.29) is 29.5 Å². The lowest BCUT2D eigenvalue weighted by Crippen LogP contribution is -2.38. The molecule has 7 rings (SSSR count). The molecule has 4 aromatic heterocycles. The van der Waals surface area contributed by atoms with Crippen LogP contribution in [0.4, 0.5) is 11.8 Å². The summed E-state index contributed by atoms with van der Waals surface area (Å²) >= 11 is 5.36. The molecule has 0 aromatic carbocycles. The molecule has 0 saturated carbocycles. The van der Waals surface area contributed by atoms with Gasteiger partial charge in [0.2, 0.25) is 5.95 Å². The first-order valence-electron chi connectivity index (χ1n) is 14.1. The molecule has 3 saturated heterocycles. The lowest BCUT2D eigenvalue weighted by atomic mass is 10.1. The molecule has 24 heteroatoms. The summed E-state index contributed by atoms with van der Waals surface area (Å²) < 4.78 is 56.6. The van der Waals surface area contributed by atoms with Crippen molar-refractivity contribution in [3.05, 3.63) is 35.3 Å². The van der Waals surface area contributed by atoms with Crippen molar-refractivity contribution in [1.29, 1.82) is 0 Å². The highest BCUT2D eigenvalue weighted by atomic mass is 32.5. The van der Waals surface area contributed by atoms with Crippen molar-refractivity contribution in [2.24, 2.45) is 0 Å². The minimum Gasteiger partial charge on any atom is -0.386 e. The molecular formula is C23H29N9O12P2S. The maximum Gasteiger partial charge on any atom is 0.472 e. The van der Waals surface area contributed by atoms with Crippen molar-refractivity contribution >= 4 is 60.3 Å². The Kier molecular flexibility index (Phi) is 8.45. The Balaban J connectivity index is 1.23. The Morgan fingerprint density at radius 3 is 2.62 bits per heavy atom. The number of nitrogens with two attached hydrogens (primary N) is 2. The normalized spacial score (nSPS) is 36.6. The van der Waals surface area contributed by atoms with E-state index in [1.165, 1.54) is 28.0 Å². The van der Waals surface area contributed by atoms with Gasteiger partial charge in [0.1, 0.15) is 54.4 Å². The van der Waals surface area contributed by atoms with Gasteiger partial charge < -0.3 is 49.7 Å². The predicted octanol–water partition coefficient (Wildman–Crippen LogP) is -0.576. The number of phosphoric acid groups is 1. The van der Waals surface area contributed by atoms with Gasteiger partial charge in [-0.05, 0) is 24.8 Å². The number of hydrogen-bond donors (Lipinski definition) is 6. The fourth-order valence-electron chi connectivity index (χ4n) is 5.82. The highest BCUT2D eigenvalue weighted by Crippen LogP contribution is 2.54. The third kappa shape index (κ3) is 5.99. The summed E-state index contributed by atoms with van der Waals surface area (Å²) in [4.78, 5) is 53.3. The summed E-state index contributed by atoms with van der Waals surface area (Å²) in [5.41, 5.74) is 11.3. The molecule has 4 aromatic rings. The standard InChI is InChI=1S/C23H29N9O12P2S/c1-2-38-15-11-5-39-45(35,36)43-14-10(41-21(13(14)33)31-4-3-9-17(24)26-7-27-18(9)31)6-40-46(37,47)44-16(15)22(42-11)32-8-28-12-19(32)29-23(25)30-20(12)34/h3-4,7-8,10-11,13-16,21-22,33H,2,5-6H2,1H3,(H,35,36)(H,37,47)(H2,24,26,27)(H3,25,29,30,34)/t10-,11-,13+,14?,15+,16?,21-,22-,46?/m1/s1. The summed E-state index contributed by atoms with van der Waals surface area (Å²) in [6.45, 7) is -3.57. The maximum absolute atomic E-state index is 13.3. The summed E-state index contributed by atoms with van der Waals surface area (Å²) in [7, 11) is -4.96. The second-order valence-electron chi connectivity index (χ2n) is 10.7. The second-order valence-corrected chi connectivity index (χ2v) is 14.9. The Labute approximate surface area is 268 Å². The summed E-state index contributed by atoms with van der Waals surface area (Å²) in [6.07, 6.45) is -6.27. The minimum absolute atomic E-state index is 0.0119. The number of phosphoric ester groups is 1. The lowest BCUT2D eigenvalue weighted by molar-refractivity contribution is -0.0657. The molecule has 3 aliphatic rings. The number of aliphatic hydroxyl groups is 1. The first kappa shape index (κ1) is 32.6. The smallest absolute Gasteiger partial charge is 0.386 e. The zero-order valence-electron chi connectivity index (χ0n) is 24.2. The van der Waals surface area contributed by atoms with E-state index < -0.39 is 82.4 Å². The lowest BCUT2D eigenvalue weighted by Gasteiger charge is -2.28. The molecule has 4 unspecified atom stereocenters. The third-order valence-electron chi connectivity index (χ3n) is 7.81. The molecule has 2 bridgehead atoms. The van der Waals surface area contributed by atoms with Crippen LogP contribution >= 0.6 is 14.5 Å². The van der Waals surface area contributed by atoms with Crippen LogP contribution in [0.1, 0.15) is 19.4 Å². The van der Waals surface area contributed by atoms with E-state index in [4.69, 9.17) is 55.6 Å². The van der Waals surface area contributed by atoms with Gasteiger partial charge in [0, 0.05) is 12.8 Å². The minimum atomic E-state index is -4.96. The van der Waals surface area contributed by atoms with Gasteiger partial charge in [0.25, 0.3) is 5.56 Å². The first-order valence-corrected chi connectivity index (χ1v) is 18.2. The van der Waals surface area contributed by atoms with Crippen LogP contribution < -0.4 is 17.0 Å². The van der Waals surface area contributed by atoms with Crippen molar-refractivity contribution in [2.45, 2.75) is 56.0 Å². The van der Waals surface area contributed by atoms with Crippen LogP contribution in [0.15, 0.2) is 29.7 Å². The molecular weight excluding hydrogens is 688 g/mol. The number of hydrogen-bond acceptors (Lipinski definition) is 17. The molecule has 0 radical (unpaired) electrons. The monoisotopic (exact) mass is 717 g/mol. The first-order chi connectivity index (χ1) is 22.4. The maximum atomic E-state index is 13.3. The topological polar surface area (TPSA) is 289 Å². The summed E-state index contributed by atoms with van der Waals surface area (Å²) in [6, 6.07) is 1.61. The summed E-state index contributed by atoms with van der Waals surface area (Å²) in [5.74, 6) is -0.0162. The Morgan fingerprint density at radius 1 is 1.06 bits per heavy atom. The van der Waals surface area contributed by atoms with Crippen LogP contribution in [0.3, 0.4) is 0 Å².